The van der Waals surface area contributed by atoms with Gasteiger partial charge in [-0.2, -0.15) is 5.26 Å². The van der Waals surface area contributed by atoms with Gasteiger partial charge in [0.05, 0.1) is 29.2 Å². The fourth-order valence-electron chi connectivity index (χ4n) is 2.21. The Hall–Kier alpha value is -3.93. The molecular formula is C19H17N3O6. The number of rotatable bonds is 8. The van der Waals surface area contributed by atoms with Gasteiger partial charge in [0.25, 0.3) is 11.6 Å². The van der Waals surface area contributed by atoms with Crippen LogP contribution in [0.15, 0.2) is 42.5 Å². The number of para-hydroxylation sites is 1. The molecule has 2 aromatic carbocycles. The fraction of sp³-hybridized carbons (Fsp3) is 0.211. The number of benzene rings is 2. The average molecular weight is 383 g/mol. The maximum absolute atomic E-state index is 11.9. The number of nitrogens with one attached hydrogen (secondary N) is 1. The summed E-state index contributed by atoms with van der Waals surface area (Å²) in [6.45, 7) is 1.43. The number of non-ortho nitro benzene ring substituents is 1. The number of carbonyl (C=O) groups is 2. The van der Waals surface area contributed by atoms with Crippen LogP contribution in [0.3, 0.4) is 0 Å². The maximum Gasteiger partial charge on any atom is 0.309 e. The van der Waals surface area contributed by atoms with E-state index >= 15 is 0 Å². The third-order valence-electron chi connectivity index (χ3n) is 3.63. The number of aryl methyl sites for hydroxylation is 1. The van der Waals surface area contributed by atoms with Crippen LogP contribution >= 0.6 is 0 Å². The molecular weight excluding hydrogens is 366 g/mol. The number of ether oxygens (including phenoxy) is 2. The summed E-state index contributed by atoms with van der Waals surface area (Å²) < 4.78 is 10.3. The van der Waals surface area contributed by atoms with Crippen LogP contribution in [0, 0.1) is 28.4 Å². The summed E-state index contributed by atoms with van der Waals surface area (Å²) in [5, 5.41) is 22.1. The van der Waals surface area contributed by atoms with Gasteiger partial charge >= 0.3 is 5.97 Å². The highest BCUT2D eigenvalue weighted by atomic mass is 16.6. The molecule has 0 saturated carbocycles. The Morgan fingerprint density at radius 2 is 2.00 bits per heavy atom. The number of nitriles is 1. The molecule has 2 rings (SSSR count). The number of nitrogens with zero attached hydrogens (tertiary/aromatic N) is 2. The minimum Gasteiger partial charge on any atom is -0.493 e. The highest BCUT2D eigenvalue weighted by molar-refractivity contribution is 5.94. The van der Waals surface area contributed by atoms with Crippen molar-refractivity contribution in [1.29, 1.82) is 5.26 Å². The molecule has 0 aliphatic rings. The minimum atomic E-state index is -0.668. The Bertz CT molecular complexity index is 936. The normalized spacial score (nSPS) is 9.86. The molecule has 28 heavy (non-hydrogen) atoms. The molecule has 0 spiro atoms. The summed E-state index contributed by atoms with van der Waals surface area (Å²) in [5.41, 5.74) is 0.693. The smallest absolute Gasteiger partial charge is 0.309 e. The van der Waals surface area contributed by atoms with Gasteiger partial charge in [-0.25, -0.2) is 0 Å². The zero-order valence-electron chi connectivity index (χ0n) is 15.0. The number of nitro benzene ring substituents is 1. The first-order chi connectivity index (χ1) is 13.4. The standard InChI is InChI=1S/C19H17N3O6/c1-13-4-2-3-5-17(13)27-9-8-19(24)28-12-18(23)21-16-7-6-15(22(25)26)10-14(16)11-20/h2-7,10H,8-9,12H2,1H3,(H,21,23). The van der Waals surface area contributed by atoms with Crippen molar-refractivity contribution in [1.82, 2.24) is 0 Å². The van der Waals surface area contributed by atoms with Crippen LogP contribution < -0.4 is 10.1 Å². The average Bonchev–Trinajstić information content (AvgIpc) is 2.68. The lowest BCUT2D eigenvalue weighted by Crippen LogP contribution is -2.22. The predicted octanol–water partition coefficient (Wildman–Crippen LogP) is 2.73. The summed E-state index contributed by atoms with van der Waals surface area (Å²) >= 11 is 0. The van der Waals surface area contributed by atoms with Gasteiger partial charge in [0, 0.05) is 12.1 Å². The van der Waals surface area contributed by atoms with Crippen LogP contribution in [-0.2, 0) is 14.3 Å². The van der Waals surface area contributed by atoms with Gasteiger partial charge in [0.2, 0.25) is 0 Å². The van der Waals surface area contributed by atoms with E-state index in [0.29, 0.717) is 5.75 Å². The summed E-state index contributed by atoms with van der Waals surface area (Å²) in [7, 11) is 0. The second-order valence-corrected chi connectivity index (χ2v) is 5.67. The third kappa shape index (κ3) is 5.81. The van der Waals surface area contributed by atoms with Crippen molar-refractivity contribution in [3.63, 3.8) is 0 Å². The summed E-state index contributed by atoms with van der Waals surface area (Å²) in [6, 6.07) is 12.6. The highest BCUT2D eigenvalue weighted by Gasteiger charge is 2.14. The van der Waals surface area contributed by atoms with E-state index in [1.165, 1.54) is 6.07 Å². The van der Waals surface area contributed by atoms with Crippen molar-refractivity contribution >= 4 is 23.3 Å². The molecule has 0 aliphatic heterocycles. The molecule has 0 saturated heterocycles. The SMILES string of the molecule is Cc1ccccc1OCCC(=O)OCC(=O)Nc1ccc([N+](=O)[O-])cc1C#N. The molecule has 9 heteroatoms. The molecule has 9 nitrogen and oxygen atoms in total. The Kier molecular flexibility index (Phi) is 7.05. The van der Waals surface area contributed by atoms with E-state index in [9.17, 15) is 19.7 Å². The lowest BCUT2D eigenvalue weighted by atomic mass is 10.1. The van der Waals surface area contributed by atoms with Crippen LogP contribution in [0.2, 0.25) is 0 Å². The van der Waals surface area contributed by atoms with Gasteiger partial charge in [-0.05, 0) is 24.6 Å². The van der Waals surface area contributed by atoms with Crippen molar-refractivity contribution < 1.29 is 24.0 Å². The number of hydrogen-bond acceptors (Lipinski definition) is 7. The molecule has 0 fully saturated rings. The Labute approximate surface area is 160 Å². The van der Waals surface area contributed by atoms with E-state index < -0.39 is 23.4 Å². The lowest BCUT2D eigenvalue weighted by Gasteiger charge is -2.09. The number of hydrogen-bond donors (Lipinski definition) is 1. The van der Waals surface area contributed by atoms with Crippen LogP contribution in [0.4, 0.5) is 11.4 Å². The van der Waals surface area contributed by atoms with Crippen molar-refractivity contribution in [2.75, 3.05) is 18.5 Å². The van der Waals surface area contributed by atoms with Crippen LogP contribution in [0.5, 0.6) is 5.75 Å². The van der Waals surface area contributed by atoms with Gasteiger partial charge in [0.15, 0.2) is 6.61 Å². The van der Waals surface area contributed by atoms with E-state index in [1.807, 2.05) is 25.1 Å². The second-order valence-electron chi connectivity index (χ2n) is 5.67. The molecule has 1 amide bonds. The Morgan fingerprint density at radius 1 is 1.25 bits per heavy atom. The van der Waals surface area contributed by atoms with E-state index in [-0.39, 0.29) is 30.0 Å². The molecule has 2 aromatic rings. The summed E-state index contributed by atoms with van der Waals surface area (Å²) in [6.07, 6.45) is -0.0391. The largest absolute Gasteiger partial charge is 0.493 e. The lowest BCUT2D eigenvalue weighted by molar-refractivity contribution is -0.384. The molecule has 0 heterocycles. The van der Waals surface area contributed by atoms with E-state index in [2.05, 4.69) is 5.32 Å². The van der Waals surface area contributed by atoms with Gasteiger partial charge in [-0.1, -0.05) is 18.2 Å². The minimum absolute atomic E-state index is 0.0391. The zero-order chi connectivity index (χ0) is 20.5. The second kappa shape index (κ2) is 9.68. The van der Waals surface area contributed by atoms with Crippen molar-refractivity contribution in [3.8, 4) is 11.8 Å². The first kappa shape index (κ1) is 20.4. The number of carbonyl (C=O) groups excluding carboxylic acids is 2. The van der Waals surface area contributed by atoms with Gasteiger partial charge in [-0.15, -0.1) is 0 Å². The summed E-state index contributed by atoms with van der Waals surface area (Å²) in [4.78, 5) is 33.7. The molecule has 0 aliphatic carbocycles. The van der Waals surface area contributed by atoms with Crippen LogP contribution in [0.1, 0.15) is 17.5 Å². The number of nitro groups is 1. The Morgan fingerprint density at radius 3 is 2.68 bits per heavy atom. The highest BCUT2D eigenvalue weighted by Crippen LogP contribution is 2.21. The quantitative estimate of drug-likeness (QED) is 0.421. The number of amides is 1. The topological polar surface area (TPSA) is 132 Å². The number of esters is 1. The molecule has 0 bridgehead atoms. The molecule has 144 valence electrons. The van der Waals surface area contributed by atoms with Gasteiger partial charge in [-0.3, -0.25) is 19.7 Å². The van der Waals surface area contributed by atoms with E-state index in [0.717, 1.165) is 17.7 Å². The third-order valence-corrected chi connectivity index (χ3v) is 3.63. The molecule has 0 radical (unpaired) electrons. The van der Waals surface area contributed by atoms with Crippen molar-refractivity contribution in [2.24, 2.45) is 0 Å². The number of anilines is 1. The van der Waals surface area contributed by atoms with Gasteiger partial charge < -0.3 is 14.8 Å². The van der Waals surface area contributed by atoms with Gasteiger partial charge in [0.1, 0.15) is 11.8 Å². The van der Waals surface area contributed by atoms with Crippen LogP contribution in [-0.4, -0.2) is 30.0 Å². The molecule has 0 atom stereocenters. The Balaban J connectivity index is 1.79. The predicted molar refractivity (Wildman–Crippen MR) is 98.7 cm³/mol. The monoisotopic (exact) mass is 383 g/mol. The van der Waals surface area contributed by atoms with Crippen LogP contribution in [0.25, 0.3) is 0 Å². The van der Waals surface area contributed by atoms with Crippen molar-refractivity contribution in [2.45, 2.75) is 13.3 Å². The fourth-order valence-corrected chi connectivity index (χ4v) is 2.21. The van der Waals surface area contributed by atoms with E-state index in [1.54, 1.807) is 12.1 Å². The molecule has 0 aromatic heterocycles. The van der Waals surface area contributed by atoms with E-state index in [4.69, 9.17) is 14.7 Å². The molecule has 1 N–H and O–H groups in total. The molecule has 0 unspecified atom stereocenters. The first-order valence-corrected chi connectivity index (χ1v) is 8.23. The van der Waals surface area contributed by atoms with Crippen molar-refractivity contribution in [3.05, 3.63) is 63.7 Å². The zero-order valence-corrected chi connectivity index (χ0v) is 15.0. The first-order valence-electron chi connectivity index (χ1n) is 8.23. The summed E-state index contributed by atoms with van der Waals surface area (Å²) in [5.74, 6) is -0.623. The maximum atomic E-state index is 11.9.